The zero-order chi connectivity index (χ0) is 13.1. The minimum atomic E-state index is -1.80. The Bertz CT molecular complexity index is 241. The molecule has 0 aliphatic carbocycles. The normalized spacial score (nSPS) is 17.0. The summed E-state index contributed by atoms with van der Waals surface area (Å²) >= 11 is 0. The highest BCUT2D eigenvalue weighted by molar-refractivity contribution is 6.74. The highest BCUT2D eigenvalue weighted by Gasteiger charge is 2.40. The minimum Gasteiger partial charge on any atom is -0.411 e. The second kappa shape index (κ2) is 5.47. The maximum absolute atomic E-state index is 9.43. The van der Waals surface area contributed by atoms with Crippen LogP contribution in [0.3, 0.4) is 0 Å². The Hall–Kier alpha value is -0.123. The van der Waals surface area contributed by atoms with Crippen molar-refractivity contribution in [2.75, 3.05) is 6.61 Å². The van der Waals surface area contributed by atoms with Crippen LogP contribution in [0, 0.1) is 5.92 Å². The van der Waals surface area contributed by atoms with E-state index in [0.717, 1.165) is 5.57 Å². The van der Waals surface area contributed by atoms with E-state index < -0.39 is 8.32 Å². The molecule has 0 heterocycles. The molecule has 96 valence electrons. The second-order valence-electron chi connectivity index (χ2n) is 6.23. The number of aliphatic hydroxyl groups is 1. The van der Waals surface area contributed by atoms with E-state index >= 15 is 0 Å². The minimum absolute atomic E-state index is 0.0700. The molecule has 0 radical (unpaired) electrons. The van der Waals surface area contributed by atoms with Crippen LogP contribution >= 0.6 is 0 Å². The van der Waals surface area contributed by atoms with Crippen LogP contribution in [-0.4, -0.2) is 26.1 Å². The van der Waals surface area contributed by atoms with Gasteiger partial charge in [0.2, 0.25) is 0 Å². The fourth-order valence-corrected chi connectivity index (χ4v) is 2.56. The third-order valence-corrected chi connectivity index (χ3v) is 8.27. The molecule has 0 aliphatic rings. The third-order valence-electron chi connectivity index (χ3n) is 3.77. The van der Waals surface area contributed by atoms with E-state index in [2.05, 4.69) is 47.4 Å². The molecule has 0 amide bonds. The van der Waals surface area contributed by atoms with Crippen molar-refractivity contribution in [3.63, 3.8) is 0 Å². The van der Waals surface area contributed by atoms with Gasteiger partial charge >= 0.3 is 0 Å². The molecule has 0 aromatic carbocycles. The van der Waals surface area contributed by atoms with Gasteiger partial charge in [-0.2, -0.15) is 0 Å². The average Bonchev–Trinajstić information content (AvgIpc) is 2.11. The topological polar surface area (TPSA) is 29.5 Å². The lowest BCUT2D eigenvalue weighted by molar-refractivity contribution is 0.0736. The van der Waals surface area contributed by atoms with Gasteiger partial charge in [0.15, 0.2) is 8.32 Å². The highest BCUT2D eigenvalue weighted by atomic mass is 28.4. The molecule has 16 heavy (non-hydrogen) atoms. The smallest absolute Gasteiger partial charge is 0.192 e. The third kappa shape index (κ3) is 4.04. The molecule has 2 atom stereocenters. The molecule has 3 heteroatoms. The molecule has 0 unspecified atom stereocenters. The Morgan fingerprint density at radius 1 is 1.38 bits per heavy atom. The van der Waals surface area contributed by atoms with Crippen LogP contribution in [-0.2, 0) is 4.43 Å². The molecular formula is C13H28O2Si. The van der Waals surface area contributed by atoms with Gasteiger partial charge in [0.1, 0.15) is 0 Å². The van der Waals surface area contributed by atoms with Crippen molar-refractivity contribution >= 4 is 8.32 Å². The average molecular weight is 244 g/mol. The van der Waals surface area contributed by atoms with E-state index in [9.17, 15) is 5.11 Å². The first-order valence-electron chi connectivity index (χ1n) is 5.97. The summed E-state index contributed by atoms with van der Waals surface area (Å²) in [6.07, 6.45) is -0.113. The van der Waals surface area contributed by atoms with Gasteiger partial charge in [-0.3, -0.25) is 0 Å². The van der Waals surface area contributed by atoms with E-state index in [1.165, 1.54) is 0 Å². The largest absolute Gasteiger partial charge is 0.411 e. The van der Waals surface area contributed by atoms with Crippen LogP contribution in [0.1, 0.15) is 34.6 Å². The summed E-state index contributed by atoms with van der Waals surface area (Å²) in [5.41, 5.74) is 1.07. The lowest BCUT2D eigenvalue weighted by Gasteiger charge is -2.40. The van der Waals surface area contributed by atoms with Gasteiger partial charge in [0.25, 0.3) is 0 Å². The predicted octanol–water partition coefficient (Wildman–Crippen LogP) is 3.58. The molecule has 0 rings (SSSR count). The van der Waals surface area contributed by atoms with Gasteiger partial charge in [-0.1, -0.05) is 39.8 Å². The monoisotopic (exact) mass is 244 g/mol. The SMILES string of the molecule is C=C(C)[C@@H](C)[C@H](CO)O[Si](C)(C)C(C)(C)C. The fourth-order valence-electron chi connectivity index (χ4n) is 1.17. The van der Waals surface area contributed by atoms with Crippen LogP contribution in [0.2, 0.25) is 18.1 Å². The molecule has 0 aliphatic heterocycles. The summed E-state index contributed by atoms with van der Waals surface area (Å²) in [5, 5.41) is 9.61. The Kier molecular flexibility index (Phi) is 5.43. The molecule has 1 N–H and O–H groups in total. The summed E-state index contributed by atoms with van der Waals surface area (Å²) in [7, 11) is -1.80. The molecule has 0 fully saturated rings. The Morgan fingerprint density at radius 3 is 2.06 bits per heavy atom. The molecule has 0 spiro atoms. The molecule has 0 saturated heterocycles. The van der Waals surface area contributed by atoms with Crippen LogP contribution < -0.4 is 0 Å². The summed E-state index contributed by atoms with van der Waals surface area (Å²) in [6, 6.07) is 0. The van der Waals surface area contributed by atoms with Gasteiger partial charge in [-0.15, -0.1) is 0 Å². The number of hydrogen-bond acceptors (Lipinski definition) is 2. The maximum atomic E-state index is 9.43. The van der Waals surface area contributed by atoms with Crippen molar-refractivity contribution < 1.29 is 9.53 Å². The number of aliphatic hydroxyl groups excluding tert-OH is 1. The second-order valence-corrected chi connectivity index (χ2v) is 11.0. The van der Waals surface area contributed by atoms with E-state index in [-0.39, 0.29) is 23.7 Å². The van der Waals surface area contributed by atoms with Gasteiger partial charge in [0.05, 0.1) is 12.7 Å². The highest BCUT2D eigenvalue weighted by Crippen LogP contribution is 2.38. The summed E-state index contributed by atoms with van der Waals surface area (Å²) in [5.74, 6) is 0.208. The zero-order valence-corrected chi connectivity index (χ0v) is 12.9. The van der Waals surface area contributed by atoms with Crippen molar-refractivity contribution in [1.82, 2.24) is 0 Å². The van der Waals surface area contributed by atoms with E-state index in [0.29, 0.717) is 0 Å². The predicted molar refractivity (Wildman–Crippen MR) is 73.1 cm³/mol. The van der Waals surface area contributed by atoms with E-state index in [1.54, 1.807) is 0 Å². The van der Waals surface area contributed by atoms with Gasteiger partial charge < -0.3 is 9.53 Å². The van der Waals surface area contributed by atoms with Crippen molar-refractivity contribution in [3.05, 3.63) is 12.2 Å². The first kappa shape index (κ1) is 15.9. The standard InChI is InChI=1S/C13H28O2Si/c1-10(2)11(3)12(9-14)15-16(7,8)13(4,5)6/h11-12,14H,1,9H2,2-8H3/t11-,12+/m1/s1. The van der Waals surface area contributed by atoms with Gasteiger partial charge in [-0.05, 0) is 25.1 Å². The van der Waals surface area contributed by atoms with Crippen LogP contribution in [0.5, 0.6) is 0 Å². The van der Waals surface area contributed by atoms with Crippen LogP contribution in [0.15, 0.2) is 12.2 Å². The van der Waals surface area contributed by atoms with Crippen molar-refractivity contribution in [3.8, 4) is 0 Å². The zero-order valence-electron chi connectivity index (χ0n) is 11.9. The lowest BCUT2D eigenvalue weighted by atomic mass is 9.99. The van der Waals surface area contributed by atoms with Crippen molar-refractivity contribution in [2.24, 2.45) is 5.92 Å². The molecule has 2 nitrogen and oxygen atoms in total. The summed E-state index contributed by atoms with van der Waals surface area (Å²) in [4.78, 5) is 0. The van der Waals surface area contributed by atoms with Crippen molar-refractivity contribution in [1.29, 1.82) is 0 Å². The lowest BCUT2D eigenvalue weighted by Crippen LogP contribution is -2.46. The fraction of sp³-hybridized carbons (Fsp3) is 0.846. The molecule has 0 aromatic heterocycles. The quantitative estimate of drug-likeness (QED) is 0.591. The van der Waals surface area contributed by atoms with Crippen molar-refractivity contribution in [2.45, 2.75) is 58.9 Å². The summed E-state index contributed by atoms with van der Waals surface area (Å²) in [6.45, 7) is 19.1. The Morgan fingerprint density at radius 2 is 1.81 bits per heavy atom. The molecule has 0 bridgehead atoms. The van der Waals surface area contributed by atoms with Crippen LogP contribution in [0.4, 0.5) is 0 Å². The molecule has 0 aromatic rings. The van der Waals surface area contributed by atoms with E-state index in [1.807, 2.05) is 6.92 Å². The summed E-state index contributed by atoms with van der Waals surface area (Å²) < 4.78 is 6.20. The molecule has 0 saturated carbocycles. The first-order valence-corrected chi connectivity index (χ1v) is 8.88. The van der Waals surface area contributed by atoms with Crippen LogP contribution in [0.25, 0.3) is 0 Å². The first-order chi connectivity index (χ1) is 7.03. The number of rotatable bonds is 5. The van der Waals surface area contributed by atoms with Gasteiger partial charge in [-0.25, -0.2) is 0 Å². The maximum Gasteiger partial charge on any atom is 0.192 e. The Balaban J connectivity index is 4.73. The van der Waals surface area contributed by atoms with Gasteiger partial charge in [0, 0.05) is 5.92 Å². The van der Waals surface area contributed by atoms with E-state index in [4.69, 9.17) is 4.43 Å². The molecular weight excluding hydrogens is 216 g/mol. The Labute approximate surface area is 102 Å². The number of hydrogen-bond donors (Lipinski definition) is 1.